The Hall–Kier alpha value is -3.56. The summed E-state index contributed by atoms with van der Waals surface area (Å²) in [5.41, 5.74) is 2.35. The van der Waals surface area contributed by atoms with E-state index < -0.39 is 10.8 Å². The lowest BCUT2D eigenvalue weighted by Crippen LogP contribution is -2.14. The van der Waals surface area contributed by atoms with Crippen LogP contribution in [0.25, 0.3) is 0 Å². The Morgan fingerprint density at radius 1 is 1.38 bits per heavy atom. The van der Waals surface area contributed by atoms with E-state index in [2.05, 4.69) is 20.6 Å². The van der Waals surface area contributed by atoms with Gasteiger partial charge in [0.1, 0.15) is 5.82 Å². The third-order valence-corrected chi connectivity index (χ3v) is 3.84. The Labute approximate surface area is 147 Å². The molecule has 0 aliphatic rings. The zero-order valence-corrected chi connectivity index (χ0v) is 14.0. The second-order valence-electron chi connectivity index (χ2n) is 5.68. The molecule has 2 aromatic heterocycles. The summed E-state index contributed by atoms with van der Waals surface area (Å²) in [4.78, 5) is 22.3. The van der Waals surface area contributed by atoms with Crippen LogP contribution in [0.3, 0.4) is 0 Å². The molecule has 1 amide bonds. The molecule has 0 unspecified atom stereocenters. The van der Waals surface area contributed by atoms with Crippen LogP contribution in [0, 0.1) is 29.8 Å². The van der Waals surface area contributed by atoms with Gasteiger partial charge in [0.15, 0.2) is 5.69 Å². The summed E-state index contributed by atoms with van der Waals surface area (Å²) in [6.07, 6.45) is 0. The van der Waals surface area contributed by atoms with Crippen molar-refractivity contribution in [2.24, 2.45) is 0 Å². The van der Waals surface area contributed by atoms with Gasteiger partial charge < -0.3 is 15.4 Å². The summed E-state index contributed by atoms with van der Waals surface area (Å²) in [5.74, 6) is -1.30. The van der Waals surface area contributed by atoms with Gasteiger partial charge in [-0.25, -0.2) is 4.39 Å². The highest BCUT2D eigenvalue weighted by atomic mass is 19.1. The van der Waals surface area contributed by atoms with E-state index in [1.165, 1.54) is 12.1 Å². The molecular weight excluding hydrogens is 343 g/mol. The number of amides is 1. The highest BCUT2D eigenvalue weighted by Crippen LogP contribution is 2.21. The predicted octanol–water partition coefficient (Wildman–Crippen LogP) is 2.57. The molecule has 0 spiro atoms. The number of carbonyl (C=O) groups excluding carboxylic acids is 1. The summed E-state index contributed by atoms with van der Waals surface area (Å²) >= 11 is 0. The van der Waals surface area contributed by atoms with Crippen LogP contribution in [0.5, 0.6) is 0 Å². The SMILES string of the molecule is Cc1nn(Cc2cccc(F)c2)c(C)c1NC(=O)c1cc([N+](=O)[O-])[nH]n1. The van der Waals surface area contributed by atoms with Crippen molar-refractivity contribution >= 4 is 17.4 Å². The fourth-order valence-electron chi connectivity index (χ4n) is 2.54. The van der Waals surface area contributed by atoms with Gasteiger partial charge in [-0.2, -0.15) is 5.10 Å². The average molecular weight is 358 g/mol. The van der Waals surface area contributed by atoms with Gasteiger partial charge in [-0.15, -0.1) is 5.10 Å². The van der Waals surface area contributed by atoms with Gasteiger partial charge in [0.05, 0.1) is 29.7 Å². The van der Waals surface area contributed by atoms with Crippen LogP contribution in [-0.2, 0) is 6.54 Å². The molecule has 1 aromatic carbocycles. The van der Waals surface area contributed by atoms with Crippen LogP contribution in [0.4, 0.5) is 15.9 Å². The Bertz CT molecular complexity index is 994. The first-order chi connectivity index (χ1) is 12.3. The van der Waals surface area contributed by atoms with Crippen LogP contribution in [0.15, 0.2) is 30.3 Å². The van der Waals surface area contributed by atoms with E-state index in [9.17, 15) is 19.3 Å². The Kier molecular flexibility index (Phi) is 4.48. The van der Waals surface area contributed by atoms with E-state index in [1.807, 2.05) is 0 Å². The number of carbonyl (C=O) groups is 1. The highest BCUT2D eigenvalue weighted by molar-refractivity contribution is 6.03. The number of nitrogens with one attached hydrogen (secondary N) is 2. The maximum Gasteiger partial charge on any atom is 0.343 e. The number of anilines is 1. The molecule has 2 N–H and O–H groups in total. The second kappa shape index (κ2) is 6.75. The smallest absolute Gasteiger partial charge is 0.343 e. The lowest BCUT2D eigenvalue weighted by molar-refractivity contribution is -0.389. The summed E-state index contributed by atoms with van der Waals surface area (Å²) in [5, 5.41) is 23.5. The van der Waals surface area contributed by atoms with Crippen LogP contribution in [0.1, 0.15) is 27.4 Å². The molecular formula is C16H15FN6O3. The number of aromatic amines is 1. The van der Waals surface area contributed by atoms with Crippen LogP contribution in [0.2, 0.25) is 0 Å². The number of nitrogens with zero attached hydrogens (tertiary/aromatic N) is 4. The quantitative estimate of drug-likeness (QED) is 0.537. The molecule has 0 atom stereocenters. The summed E-state index contributed by atoms with van der Waals surface area (Å²) in [6.45, 7) is 3.83. The standard InChI is InChI=1S/C16H15FN6O3/c1-9-15(18-16(24)13-7-14(20-19-13)23(25)26)10(2)22(21-9)8-11-4-3-5-12(17)6-11/h3-7H,8H2,1-2H3,(H,18,24)(H,19,20). The molecule has 26 heavy (non-hydrogen) atoms. The Balaban J connectivity index is 1.81. The number of aromatic nitrogens is 4. The second-order valence-corrected chi connectivity index (χ2v) is 5.68. The molecule has 2 heterocycles. The van der Waals surface area contributed by atoms with Gasteiger partial charge in [-0.1, -0.05) is 17.2 Å². The summed E-state index contributed by atoms with van der Waals surface area (Å²) in [7, 11) is 0. The first kappa shape index (κ1) is 17.3. The van der Waals surface area contributed by atoms with E-state index in [0.29, 0.717) is 23.6 Å². The maximum atomic E-state index is 13.3. The molecule has 9 nitrogen and oxygen atoms in total. The van der Waals surface area contributed by atoms with Gasteiger partial charge in [-0.3, -0.25) is 9.48 Å². The molecule has 10 heteroatoms. The average Bonchev–Trinajstić information content (AvgIpc) is 3.17. The van der Waals surface area contributed by atoms with Crippen LogP contribution < -0.4 is 5.32 Å². The van der Waals surface area contributed by atoms with Crippen LogP contribution >= 0.6 is 0 Å². The van der Waals surface area contributed by atoms with Gasteiger partial charge in [0, 0.05) is 0 Å². The lowest BCUT2D eigenvalue weighted by Gasteiger charge is -2.06. The number of hydrogen-bond acceptors (Lipinski definition) is 5. The Morgan fingerprint density at radius 2 is 2.15 bits per heavy atom. The van der Waals surface area contributed by atoms with Crippen molar-refractivity contribution in [3.8, 4) is 0 Å². The van der Waals surface area contributed by atoms with E-state index in [1.54, 1.807) is 30.7 Å². The third-order valence-electron chi connectivity index (χ3n) is 3.84. The molecule has 0 aliphatic heterocycles. The molecule has 0 saturated heterocycles. The third kappa shape index (κ3) is 3.43. The van der Waals surface area contributed by atoms with Crippen molar-refractivity contribution in [1.82, 2.24) is 20.0 Å². The van der Waals surface area contributed by atoms with E-state index >= 15 is 0 Å². The van der Waals surface area contributed by atoms with Crippen molar-refractivity contribution in [1.29, 1.82) is 0 Å². The zero-order valence-electron chi connectivity index (χ0n) is 14.0. The van der Waals surface area contributed by atoms with Gasteiger partial charge in [-0.05, 0) is 36.5 Å². The Morgan fingerprint density at radius 3 is 2.81 bits per heavy atom. The first-order valence-corrected chi connectivity index (χ1v) is 7.64. The molecule has 0 saturated carbocycles. The molecule has 134 valence electrons. The predicted molar refractivity (Wildman–Crippen MR) is 90.4 cm³/mol. The molecule has 0 aliphatic carbocycles. The summed E-state index contributed by atoms with van der Waals surface area (Å²) in [6, 6.07) is 7.22. The van der Waals surface area contributed by atoms with E-state index in [0.717, 1.165) is 11.6 Å². The number of hydrogen-bond donors (Lipinski definition) is 2. The number of nitro groups is 1. The minimum Gasteiger partial charge on any atom is -0.358 e. The fraction of sp³-hybridized carbons (Fsp3) is 0.188. The zero-order chi connectivity index (χ0) is 18.8. The minimum atomic E-state index is -0.669. The largest absolute Gasteiger partial charge is 0.358 e. The van der Waals surface area contributed by atoms with Gasteiger partial charge in [0.2, 0.25) is 0 Å². The minimum absolute atomic E-state index is 0.103. The maximum absolute atomic E-state index is 13.3. The number of benzene rings is 1. The van der Waals surface area contributed by atoms with Gasteiger partial charge in [0.25, 0.3) is 5.91 Å². The monoisotopic (exact) mass is 358 g/mol. The lowest BCUT2D eigenvalue weighted by atomic mass is 10.2. The number of halogens is 1. The van der Waals surface area contributed by atoms with Crippen molar-refractivity contribution in [3.63, 3.8) is 0 Å². The number of H-pyrrole nitrogens is 1. The highest BCUT2D eigenvalue weighted by Gasteiger charge is 2.20. The van der Waals surface area contributed by atoms with Gasteiger partial charge >= 0.3 is 5.82 Å². The number of aryl methyl sites for hydroxylation is 1. The van der Waals surface area contributed by atoms with Crippen molar-refractivity contribution in [2.45, 2.75) is 20.4 Å². The normalized spacial score (nSPS) is 10.7. The fourth-order valence-corrected chi connectivity index (χ4v) is 2.54. The molecule has 0 fully saturated rings. The summed E-state index contributed by atoms with van der Waals surface area (Å²) < 4.78 is 15.0. The number of rotatable bonds is 5. The molecule has 3 aromatic rings. The van der Waals surface area contributed by atoms with Crippen molar-refractivity contribution in [3.05, 3.63) is 68.9 Å². The van der Waals surface area contributed by atoms with E-state index in [-0.39, 0.29) is 17.3 Å². The van der Waals surface area contributed by atoms with Crippen LogP contribution in [-0.4, -0.2) is 30.8 Å². The van der Waals surface area contributed by atoms with Crippen molar-refractivity contribution in [2.75, 3.05) is 5.32 Å². The molecule has 0 radical (unpaired) electrons. The topological polar surface area (TPSA) is 119 Å². The van der Waals surface area contributed by atoms with E-state index in [4.69, 9.17) is 0 Å². The molecule has 0 bridgehead atoms. The first-order valence-electron chi connectivity index (χ1n) is 7.64. The van der Waals surface area contributed by atoms with Crippen molar-refractivity contribution < 1.29 is 14.1 Å². The molecule has 3 rings (SSSR count).